The van der Waals surface area contributed by atoms with E-state index in [-0.39, 0.29) is 30.3 Å². The first-order valence-corrected chi connectivity index (χ1v) is 8.55. The maximum Gasteiger partial charge on any atom is 0.227 e. The molecule has 5 nitrogen and oxygen atoms in total. The van der Waals surface area contributed by atoms with E-state index in [1.807, 2.05) is 6.92 Å². The van der Waals surface area contributed by atoms with Crippen LogP contribution in [0, 0.1) is 5.92 Å². The van der Waals surface area contributed by atoms with E-state index >= 15 is 0 Å². The Morgan fingerprint density at radius 2 is 2.17 bits per heavy atom. The smallest absolute Gasteiger partial charge is 0.227 e. The number of carbonyl (C=O) groups excluding carboxylic acids is 1. The van der Waals surface area contributed by atoms with Crippen molar-refractivity contribution >= 4 is 35.6 Å². The molecule has 2 atom stereocenters. The van der Waals surface area contributed by atoms with Gasteiger partial charge in [-0.2, -0.15) is 0 Å². The number of hydrogen-bond acceptors (Lipinski definition) is 4. The highest BCUT2D eigenvalue weighted by Crippen LogP contribution is 2.34. The van der Waals surface area contributed by atoms with Gasteiger partial charge in [-0.25, -0.2) is 0 Å². The summed E-state index contributed by atoms with van der Waals surface area (Å²) in [5, 5.41) is 3.41. The van der Waals surface area contributed by atoms with E-state index < -0.39 is 0 Å². The third kappa shape index (κ3) is 6.13. The van der Waals surface area contributed by atoms with E-state index in [0.29, 0.717) is 36.3 Å². The Labute approximate surface area is 154 Å². The number of para-hydroxylation sites is 1. The quantitative estimate of drug-likeness (QED) is 0.712. The molecular formula is C17H26Cl2N2O3. The van der Waals surface area contributed by atoms with Crippen molar-refractivity contribution in [1.82, 2.24) is 0 Å². The molecule has 0 radical (unpaired) electrons. The van der Waals surface area contributed by atoms with Crippen LogP contribution in [-0.4, -0.2) is 31.8 Å². The molecule has 1 aliphatic rings. The van der Waals surface area contributed by atoms with Gasteiger partial charge in [-0.3, -0.25) is 4.79 Å². The average Bonchev–Trinajstić information content (AvgIpc) is 2.53. The number of nitrogens with two attached hydrogens (primary N) is 1. The first kappa shape index (κ1) is 21.0. The Bertz CT molecular complexity index is 529. The van der Waals surface area contributed by atoms with Crippen LogP contribution in [0.5, 0.6) is 5.75 Å². The monoisotopic (exact) mass is 376 g/mol. The Morgan fingerprint density at radius 1 is 1.38 bits per heavy atom. The molecule has 0 spiro atoms. The van der Waals surface area contributed by atoms with Crippen molar-refractivity contribution in [1.29, 1.82) is 0 Å². The van der Waals surface area contributed by atoms with Gasteiger partial charge >= 0.3 is 0 Å². The lowest BCUT2D eigenvalue weighted by atomic mass is 9.85. The Kier molecular flexibility index (Phi) is 9.44. The molecule has 0 bridgehead atoms. The maximum absolute atomic E-state index is 12.5. The summed E-state index contributed by atoms with van der Waals surface area (Å²) in [5.41, 5.74) is 6.56. The fourth-order valence-electron chi connectivity index (χ4n) is 2.80. The van der Waals surface area contributed by atoms with E-state index in [2.05, 4.69) is 5.32 Å². The number of benzene rings is 1. The summed E-state index contributed by atoms with van der Waals surface area (Å²) in [6.07, 6.45) is 3.59. The largest absolute Gasteiger partial charge is 0.487 e. The van der Waals surface area contributed by atoms with Gasteiger partial charge in [-0.05, 0) is 38.3 Å². The van der Waals surface area contributed by atoms with Crippen LogP contribution < -0.4 is 15.8 Å². The van der Waals surface area contributed by atoms with Crippen LogP contribution in [0.25, 0.3) is 0 Å². The zero-order chi connectivity index (χ0) is 16.7. The zero-order valence-corrected chi connectivity index (χ0v) is 15.5. The van der Waals surface area contributed by atoms with E-state index in [9.17, 15) is 4.79 Å². The van der Waals surface area contributed by atoms with Crippen LogP contribution in [-0.2, 0) is 9.53 Å². The molecule has 1 amide bonds. The summed E-state index contributed by atoms with van der Waals surface area (Å²) in [4.78, 5) is 12.5. The summed E-state index contributed by atoms with van der Waals surface area (Å²) >= 11 is 6.20. The summed E-state index contributed by atoms with van der Waals surface area (Å²) in [5.74, 6) is 0.424. The summed E-state index contributed by atoms with van der Waals surface area (Å²) in [6.45, 7) is 3.43. The standard InChI is InChI=1S/C17H25ClN2O3.ClH/c1-2-22-9-10-23-16-14(18)7-4-8-15(16)20-17(21)12-5-3-6-13(19)11-12;/h4,7-8,12-13H,2-3,5-6,9-11,19H2,1H3,(H,20,21);1H. The van der Waals surface area contributed by atoms with Gasteiger partial charge in [-0.1, -0.05) is 24.1 Å². The van der Waals surface area contributed by atoms with Crippen LogP contribution in [0.1, 0.15) is 32.6 Å². The molecule has 0 heterocycles. The van der Waals surface area contributed by atoms with Crippen LogP contribution >= 0.6 is 24.0 Å². The van der Waals surface area contributed by atoms with Crippen LogP contribution in [0.4, 0.5) is 5.69 Å². The van der Waals surface area contributed by atoms with Crippen molar-refractivity contribution < 1.29 is 14.3 Å². The van der Waals surface area contributed by atoms with E-state index in [0.717, 1.165) is 25.7 Å². The minimum atomic E-state index is -0.0472. The van der Waals surface area contributed by atoms with Crippen molar-refractivity contribution in [3.63, 3.8) is 0 Å². The normalized spacial score (nSPS) is 20.1. The van der Waals surface area contributed by atoms with Gasteiger partial charge < -0.3 is 20.5 Å². The van der Waals surface area contributed by atoms with E-state index in [1.165, 1.54) is 0 Å². The molecule has 1 saturated carbocycles. The van der Waals surface area contributed by atoms with Crippen LogP contribution in [0.15, 0.2) is 18.2 Å². The maximum atomic E-state index is 12.5. The van der Waals surface area contributed by atoms with E-state index in [4.69, 9.17) is 26.8 Å². The van der Waals surface area contributed by atoms with Gasteiger partial charge in [0.15, 0.2) is 5.75 Å². The molecule has 1 aliphatic carbocycles. The third-order valence-corrected chi connectivity index (χ3v) is 4.29. The van der Waals surface area contributed by atoms with Crippen molar-refractivity contribution in [2.24, 2.45) is 11.7 Å². The summed E-state index contributed by atoms with van der Waals surface area (Å²) < 4.78 is 10.9. The lowest BCUT2D eigenvalue weighted by molar-refractivity contribution is -0.120. The second-order valence-electron chi connectivity index (χ2n) is 5.77. The topological polar surface area (TPSA) is 73.6 Å². The second kappa shape index (κ2) is 10.8. The fourth-order valence-corrected chi connectivity index (χ4v) is 3.03. The molecule has 0 aromatic heterocycles. The SMILES string of the molecule is CCOCCOc1c(Cl)cccc1NC(=O)C1CCCC(N)C1.Cl. The Hall–Kier alpha value is -1.01. The van der Waals surface area contributed by atoms with Crippen LogP contribution in [0.3, 0.4) is 0 Å². The molecule has 1 fully saturated rings. The highest BCUT2D eigenvalue weighted by Gasteiger charge is 2.26. The Balaban J connectivity index is 0.00000288. The molecule has 136 valence electrons. The third-order valence-electron chi connectivity index (χ3n) is 3.99. The van der Waals surface area contributed by atoms with E-state index in [1.54, 1.807) is 18.2 Å². The molecule has 2 rings (SSSR count). The Morgan fingerprint density at radius 3 is 2.88 bits per heavy atom. The number of anilines is 1. The number of carbonyl (C=O) groups is 1. The molecule has 1 aromatic rings. The van der Waals surface area contributed by atoms with Crippen LogP contribution in [0.2, 0.25) is 5.02 Å². The molecule has 0 aliphatic heterocycles. The highest BCUT2D eigenvalue weighted by molar-refractivity contribution is 6.32. The second-order valence-corrected chi connectivity index (χ2v) is 6.18. The first-order chi connectivity index (χ1) is 11.1. The van der Waals surface area contributed by atoms with Gasteiger partial charge in [0.25, 0.3) is 0 Å². The van der Waals surface area contributed by atoms with Gasteiger partial charge in [0.2, 0.25) is 5.91 Å². The van der Waals surface area contributed by atoms with Gasteiger partial charge in [-0.15, -0.1) is 12.4 Å². The summed E-state index contributed by atoms with van der Waals surface area (Å²) in [6, 6.07) is 5.44. The number of hydrogen-bond donors (Lipinski definition) is 2. The van der Waals surface area contributed by atoms with Crippen molar-refractivity contribution in [2.75, 3.05) is 25.1 Å². The highest BCUT2D eigenvalue weighted by atomic mass is 35.5. The molecule has 7 heteroatoms. The molecule has 24 heavy (non-hydrogen) atoms. The van der Waals surface area contributed by atoms with Gasteiger partial charge in [0.1, 0.15) is 6.61 Å². The first-order valence-electron chi connectivity index (χ1n) is 8.17. The van der Waals surface area contributed by atoms with Crippen molar-refractivity contribution in [3.8, 4) is 5.75 Å². The minimum absolute atomic E-state index is 0. The number of ether oxygens (including phenoxy) is 2. The lowest BCUT2D eigenvalue weighted by Gasteiger charge is -2.26. The molecule has 3 N–H and O–H groups in total. The minimum Gasteiger partial charge on any atom is -0.487 e. The average molecular weight is 377 g/mol. The summed E-state index contributed by atoms with van der Waals surface area (Å²) in [7, 11) is 0. The molecular weight excluding hydrogens is 351 g/mol. The van der Waals surface area contributed by atoms with Crippen molar-refractivity contribution in [3.05, 3.63) is 23.2 Å². The van der Waals surface area contributed by atoms with Crippen molar-refractivity contribution in [2.45, 2.75) is 38.6 Å². The van der Waals surface area contributed by atoms with Gasteiger partial charge in [0, 0.05) is 18.6 Å². The predicted octanol–water partition coefficient (Wildman–Crippen LogP) is 3.63. The number of rotatable bonds is 7. The number of amides is 1. The lowest BCUT2D eigenvalue weighted by Crippen LogP contribution is -2.34. The molecule has 1 aromatic carbocycles. The molecule has 2 unspecified atom stereocenters. The fraction of sp³-hybridized carbons (Fsp3) is 0.588. The van der Waals surface area contributed by atoms with Gasteiger partial charge in [0.05, 0.1) is 17.3 Å². The number of nitrogens with one attached hydrogen (secondary N) is 1. The number of halogens is 2. The zero-order valence-electron chi connectivity index (χ0n) is 13.9. The molecule has 0 saturated heterocycles. The predicted molar refractivity (Wildman–Crippen MR) is 99.3 cm³/mol.